The first-order chi connectivity index (χ1) is 17.2. The van der Waals surface area contributed by atoms with Gasteiger partial charge >= 0.3 is 6.18 Å². The van der Waals surface area contributed by atoms with Crippen LogP contribution in [0.25, 0.3) is 0 Å². The molecule has 1 saturated heterocycles. The molecule has 1 amide bonds. The zero-order valence-electron chi connectivity index (χ0n) is 19.3. The van der Waals surface area contributed by atoms with Crippen LogP contribution in [0.1, 0.15) is 58.9 Å². The fraction of sp³-hybridized carbons (Fsp3) is 0.417. The average Bonchev–Trinajstić information content (AvgIpc) is 3.59. The number of hydrogen-bond acceptors (Lipinski definition) is 6. The van der Waals surface area contributed by atoms with Gasteiger partial charge in [-0.2, -0.15) is 18.3 Å². The van der Waals surface area contributed by atoms with Crippen LogP contribution in [0.2, 0.25) is 5.02 Å². The van der Waals surface area contributed by atoms with Crippen molar-refractivity contribution in [2.24, 2.45) is 5.16 Å². The second-order valence-electron chi connectivity index (χ2n) is 8.91. The third-order valence-electron chi connectivity index (χ3n) is 6.49. The summed E-state index contributed by atoms with van der Waals surface area (Å²) in [5.41, 5.74) is 1.78. The number of hydrogen-bond donors (Lipinski definition) is 0. The number of benzene rings is 1. The smallest absolute Gasteiger partial charge is 0.387 e. The molecule has 2 aliphatic heterocycles. The monoisotopic (exact) mass is 537 g/mol. The highest BCUT2D eigenvalue weighted by molar-refractivity contribution is 7.10. The van der Waals surface area contributed by atoms with Crippen LogP contribution < -0.4 is 0 Å². The van der Waals surface area contributed by atoms with Gasteiger partial charge in [0.15, 0.2) is 11.8 Å². The molecule has 0 spiro atoms. The van der Waals surface area contributed by atoms with E-state index in [1.807, 2.05) is 29.6 Å². The van der Waals surface area contributed by atoms with Crippen molar-refractivity contribution in [1.82, 2.24) is 19.7 Å². The third-order valence-corrected chi connectivity index (χ3v) is 7.84. The maximum Gasteiger partial charge on any atom is 0.435 e. The van der Waals surface area contributed by atoms with Gasteiger partial charge in [-0.1, -0.05) is 35.0 Å². The zero-order valence-corrected chi connectivity index (χ0v) is 20.9. The molecule has 0 aliphatic carbocycles. The molecular weight excluding hydrogens is 515 g/mol. The minimum atomic E-state index is -4.53. The highest BCUT2D eigenvalue weighted by Crippen LogP contribution is 2.36. The van der Waals surface area contributed by atoms with Crippen molar-refractivity contribution >= 4 is 34.6 Å². The van der Waals surface area contributed by atoms with Crippen molar-refractivity contribution in [3.8, 4) is 0 Å². The molecule has 190 valence electrons. The Morgan fingerprint density at radius 3 is 2.69 bits per heavy atom. The van der Waals surface area contributed by atoms with Crippen molar-refractivity contribution in [2.75, 3.05) is 13.1 Å². The van der Waals surface area contributed by atoms with E-state index in [0.29, 0.717) is 30.2 Å². The largest absolute Gasteiger partial charge is 0.435 e. The summed E-state index contributed by atoms with van der Waals surface area (Å²) in [6.07, 6.45) is -2.72. The minimum Gasteiger partial charge on any atom is -0.387 e. The quantitative estimate of drug-likeness (QED) is 0.425. The summed E-state index contributed by atoms with van der Waals surface area (Å²) in [5, 5.41) is 11.4. The summed E-state index contributed by atoms with van der Waals surface area (Å²) in [5.74, 6) is -0.0327. The lowest BCUT2D eigenvalue weighted by Crippen LogP contribution is -2.40. The number of oxime groups is 1. The fourth-order valence-electron chi connectivity index (χ4n) is 4.45. The molecule has 3 aromatic rings. The average molecular weight is 538 g/mol. The molecular formula is C24H23ClF3N5O2S. The van der Waals surface area contributed by atoms with Crippen LogP contribution in [-0.2, 0) is 22.4 Å². The van der Waals surface area contributed by atoms with E-state index in [4.69, 9.17) is 21.4 Å². The van der Waals surface area contributed by atoms with E-state index in [-0.39, 0.29) is 24.5 Å². The first-order valence-corrected chi connectivity index (χ1v) is 12.8. The number of amides is 1. The molecule has 1 fully saturated rings. The Labute approximate surface area is 214 Å². The molecule has 1 atom stereocenters. The topological polar surface area (TPSA) is 72.6 Å². The van der Waals surface area contributed by atoms with Gasteiger partial charge in [0.25, 0.3) is 0 Å². The summed E-state index contributed by atoms with van der Waals surface area (Å²) >= 11 is 7.85. The van der Waals surface area contributed by atoms with Crippen molar-refractivity contribution in [3.63, 3.8) is 0 Å². The Morgan fingerprint density at radius 1 is 1.25 bits per heavy atom. The van der Waals surface area contributed by atoms with Crippen LogP contribution >= 0.6 is 22.9 Å². The van der Waals surface area contributed by atoms with Gasteiger partial charge in [0.05, 0.1) is 10.7 Å². The standard InChI is InChI=1S/C24H23ClF3N5O2S/c1-14-10-21(24(26,27)28)30-33(14)12-22(34)32-8-6-15(7-9-32)23-29-19(13-36-23)18-11-20(35-31-18)16-4-2-3-5-17(16)25/h2-5,10,13,15,20H,6-9,11-12H2,1H3/t20-/m1/s1. The molecule has 12 heteroatoms. The number of aromatic nitrogens is 3. The highest BCUT2D eigenvalue weighted by atomic mass is 35.5. The molecule has 5 rings (SSSR count). The van der Waals surface area contributed by atoms with Crippen LogP contribution in [0.4, 0.5) is 13.2 Å². The van der Waals surface area contributed by atoms with E-state index in [2.05, 4.69) is 10.3 Å². The first kappa shape index (κ1) is 24.8. The van der Waals surface area contributed by atoms with E-state index >= 15 is 0 Å². The van der Waals surface area contributed by atoms with Crippen LogP contribution in [-0.4, -0.2) is 44.4 Å². The maximum absolute atomic E-state index is 12.9. The maximum atomic E-state index is 12.9. The molecule has 0 bridgehead atoms. The Bertz CT molecular complexity index is 1300. The third kappa shape index (κ3) is 5.12. The van der Waals surface area contributed by atoms with Gasteiger partial charge < -0.3 is 9.74 Å². The summed E-state index contributed by atoms with van der Waals surface area (Å²) < 4.78 is 39.8. The molecule has 2 aromatic heterocycles. The van der Waals surface area contributed by atoms with Gasteiger partial charge in [-0.25, -0.2) is 4.98 Å². The number of rotatable bonds is 5. The van der Waals surface area contributed by atoms with Crippen molar-refractivity contribution in [1.29, 1.82) is 0 Å². The number of carbonyl (C=O) groups is 1. The SMILES string of the molecule is Cc1cc(C(F)(F)F)nn1CC(=O)N1CCC(c2nc(C3=NO[C@@H](c4ccccc4Cl)C3)cs2)CC1. The van der Waals surface area contributed by atoms with Crippen LogP contribution in [0.15, 0.2) is 40.9 Å². The van der Waals surface area contributed by atoms with Crippen molar-refractivity contribution in [2.45, 2.75) is 50.9 Å². The number of alkyl halides is 3. The predicted octanol–water partition coefficient (Wildman–Crippen LogP) is 5.59. The number of halogens is 4. The number of thiazole rings is 1. The molecule has 0 saturated carbocycles. The summed E-state index contributed by atoms with van der Waals surface area (Å²) in [4.78, 5) is 24.8. The Balaban J connectivity index is 1.16. The predicted molar refractivity (Wildman–Crippen MR) is 129 cm³/mol. The van der Waals surface area contributed by atoms with Crippen molar-refractivity contribution in [3.05, 3.63) is 68.4 Å². The van der Waals surface area contributed by atoms with E-state index in [0.717, 1.165) is 45.6 Å². The van der Waals surface area contributed by atoms with E-state index in [9.17, 15) is 18.0 Å². The summed E-state index contributed by atoms with van der Waals surface area (Å²) in [6.45, 7) is 2.34. The molecule has 1 aromatic carbocycles. The van der Waals surface area contributed by atoms with Gasteiger partial charge in [-0.3, -0.25) is 9.48 Å². The number of carbonyl (C=O) groups excluding carboxylic acids is 1. The van der Waals surface area contributed by atoms with Gasteiger partial charge in [-0.05, 0) is 31.9 Å². The molecule has 0 unspecified atom stereocenters. The summed E-state index contributed by atoms with van der Waals surface area (Å²) in [7, 11) is 0. The second kappa shape index (κ2) is 9.85. The van der Waals surface area contributed by atoms with Crippen LogP contribution in [0, 0.1) is 6.92 Å². The number of nitrogens with zero attached hydrogens (tertiary/aromatic N) is 5. The molecule has 7 nitrogen and oxygen atoms in total. The Kier molecular flexibility index (Phi) is 6.78. The van der Waals surface area contributed by atoms with Gasteiger partial charge in [-0.15, -0.1) is 11.3 Å². The first-order valence-electron chi connectivity index (χ1n) is 11.5. The number of piperidine rings is 1. The lowest BCUT2D eigenvalue weighted by atomic mass is 9.97. The Morgan fingerprint density at radius 2 is 2.00 bits per heavy atom. The zero-order chi connectivity index (χ0) is 25.4. The van der Waals surface area contributed by atoms with Gasteiger partial charge in [0.2, 0.25) is 5.91 Å². The molecule has 2 aliphatic rings. The van der Waals surface area contributed by atoms with Crippen LogP contribution in [0.3, 0.4) is 0 Å². The highest BCUT2D eigenvalue weighted by Gasteiger charge is 2.35. The molecule has 0 N–H and O–H groups in total. The normalized spacial score (nSPS) is 18.9. The van der Waals surface area contributed by atoms with E-state index in [1.165, 1.54) is 6.92 Å². The minimum absolute atomic E-state index is 0.207. The Hall–Kier alpha value is -2.92. The lowest BCUT2D eigenvalue weighted by molar-refractivity contribution is -0.142. The second-order valence-corrected chi connectivity index (χ2v) is 10.2. The molecule has 0 radical (unpaired) electrons. The fourth-order valence-corrected chi connectivity index (χ4v) is 5.71. The lowest BCUT2D eigenvalue weighted by Gasteiger charge is -2.31. The van der Waals surface area contributed by atoms with Crippen molar-refractivity contribution < 1.29 is 22.8 Å². The molecule has 4 heterocycles. The number of aryl methyl sites for hydroxylation is 1. The van der Waals surface area contributed by atoms with Crippen LogP contribution in [0.5, 0.6) is 0 Å². The van der Waals surface area contributed by atoms with Gasteiger partial charge in [0.1, 0.15) is 12.3 Å². The molecule has 36 heavy (non-hydrogen) atoms. The van der Waals surface area contributed by atoms with E-state index in [1.54, 1.807) is 16.2 Å². The van der Waals surface area contributed by atoms with Gasteiger partial charge in [0, 0.05) is 47.1 Å². The van der Waals surface area contributed by atoms with E-state index < -0.39 is 11.9 Å². The summed E-state index contributed by atoms with van der Waals surface area (Å²) in [6, 6.07) is 8.49. The number of likely N-dealkylation sites (tertiary alicyclic amines) is 1.